The number of nitrogens with one attached hydrogen (secondary N) is 1. The molecule has 1 aromatic carbocycles. The topological polar surface area (TPSA) is 66.1 Å². The predicted molar refractivity (Wildman–Crippen MR) is 61.5 cm³/mol. The molecule has 3 rings (SSSR count). The van der Waals surface area contributed by atoms with Crippen LogP contribution in [0.25, 0.3) is 0 Å². The van der Waals surface area contributed by atoms with E-state index in [0.29, 0.717) is 13.1 Å². The third-order valence-electron chi connectivity index (χ3n) is 2.90. The maximum absolute atomic E-state index is 12.2. The summed E-state index contributed by atoms with van der Waals surface area (Å²) in [6.07, 6.45) is 1.44. The highest BCUT2D eigenvalue weighted by molar-refractivity contribution is 7.89. The lowest BCUT2D eigenvalue weighted by atomic mass is 10.1. The van der Waals surface area contributed by atoms with Crippen LogP contribution in [0, 0.1) is 0 Å². The highest BCUT2D eigenvalue weighted by atomic mass is 32.2. The van der Waals surface area contributed by atoms with Gasteiger partial charge in [-0.3, -0.25) is 5.10 Å². The van der Waals surface area contributed by atoms with Gasteiger partial charge >= 0.3 is 0 Å². The van der Waals surface area contributed by atoms with Gasteiger partial charge in [-0.2, -0.15) is 9.40 Å². The van der Waals surface area contributed by atoms with Gasteiger partial charge in [-0.1, -0.05) is 24.3 Å². The van der Waals surface area contributed by atoms with Gasteiger partial charge in [-0.05, 0) is 17.2 Å². The molecule has 1 N–H and O–H groups in total. The number of hydrogen-bond donors (Lipinski definition) is 1. The summed E-state index contributed by atoms with van der Waals surface area (Å²) < 4.78 is 25.9. The second-order valence-electron chi connectivity index (χ2n) is 3.96. The lowest BCUT2D eigenvalue weighted by Gasteiger charge is -2.13. The van der Waals surface area contributed by atoms with E-state index in [4.69, 9.17) is 0 Å². The van der Waals surface area contributed by atoms with Crippen molar-refractivity contribution in [1.29, 1.82) is 0 Å². The summed E-state index contributed by atoms with van der Waals surface area (Å²) in [5.74, 6) is 0. The minimum atomic E-state index is -3.45. The molecule has 6 heteroatoms. The molecule has 1 aromatic heterocycles. The van der Waals surface area contributed by atoms with Gasteiger partial charge in [0.15, 0.2) is 5.03 Å². The van der Waals surface area contributed by atoms with Crippen LogP contribution in [-0.4, -0.2) is 22.9 Å². The van der Waals surface area contributed by atoms with Crippen molar-refractivity contribution in [2.24, 2.45) is 0 Å². The molecule has 2 heterocycles. The Balaban J connectivity index is 1.95. The molecular formula is C11H11N3O2S. The molecule has 2 aromatic rings. The van der Waals surface area contributed by atoms with Crippen molar-refractivity contribution in [3.8, 4) is 0 Å². The lowest BCUT2D eigenvalue weighted by molar-refractivity contribution is 0.429. The molecule has 0 fully saturated rings. The van der Waals surface area contributed by atoms with Gasteiger partial charge in [0.1, 0.15) is 0 Å². The molecule has 88 valence electrons. The molecule has 0 saturated heterocycles. The summed E-state index contributed by atoms with van der Waals surface area (Å²) in [5.41, 5.74) is 2.13. The largest absolute Gasteiger partial charge is 0.266 e. The Morgan fingerprint density at radius 1 is 1.12 bits per heavy atom. The number of aromatic amines is 1. The third kappa shape index (κ3) is 1.65. The second kappa shape index (κ2) is 3.68. The molecular weight excluding hydrogens is 238 g/mol. The van der Waals surface area contributed by atoms with Crippen LogP contribution in [0.3, 0.4) is 0 Å². The van der Waals surface area contributed by atoms with E-state index in [0.717, 1.165) is 11.1 Å². The average Bonchev–Trinajstić information content (AvgIpc) is 2.98. The van der Waals surface area contributed by atoms with Crippen molar-refractivity contribution in [1.82, 2.24) is 14.5 Å². The van der Waals surface area contributed by atoms with Crippen LogP contribution >= 0.6 is 0 Å². The number of hydrogen-bond acceptors (Lipinski definition) is 3. The zero-order valence-corrected chi connectivity index (χ0v) is 9.81. The monoisotopic (exact) mass is 249 g/mol. The van der Waals surface area contributed by atoms with Crippen LogP contribution in [0.4, 0.5) is 0 Å². The van der Waals surface area contributed by atoms with Gasteiger partial charge in [-0.25, -0.2) is 8.42 Å². The minimum absolute atomic E-state index is 0.144. The molecule has 1 aliphatic heterocycles. The number of sulfonamides is 1. The molecule has 0 radical (unpaired) electrons. The Kier molecular flexibility index (Phi) is 2.27. The minimum Gasteiger partial charge on any atom is -0.266 e. The van der Waals surface area contributed by atoms with Crippen LogP contribution in [0.2, 0.25) is 0 Å². The van der Waals surface area contributed by atoms with Gasteiger partial charge in [0.2, 0.25) is 0 Å². The smallest absolute Gasteiger partial charge is 0.260 e. The van der Waals surface area contributed by atoms with Crippen LogP contribution in [0.15, 0.2) is 41.6 Å². The Labute approximate surface area is 99.1 Å². The highest BCUT2D eigenvalue weighted by Crippen LogP contribution is 2.27. The Morgan fingerprint density at radius 2 is 1.76 bits per heavy atom. The number of H-pyrrole nitrogens is 1. The maximum atomic E-state index is 12.2. The fourth-order valence-corrected chi connectivity index (χ4v) is 3.29. The van der Waals surface area contributed by atoms with Gasteiger partial charge in [0.25, 0.3) is 10.0 Å². The highest BCUT2D eigenvalue weighted by Gasteiger charge is 2.30. The summed E-state index contributed by atoms with van der Waals surface area (Å²) >= 11 is 0. The first-order valence-corrected chi connectivity index (χ1v) is 6.68. The zero-order valence-electron chi connectivity index (χ0n) is 9.00. The summed E-state index contributed by atoms with van der Waals surface area (Å²) in [5, 5.41) is 6.32. The van der Waals surface area contributed by atoms with Crippen LogP contribution in [0.1, 0.15) is 11.1 Å². The summed E-state index contributed by atoms with van der Waals surface area (Å²) in [4.78, 5) is 0. The molecule has 5 nitrogen and oxygen atoms in total. The van der Waals surface area contributed by atoms with Crippen molar-refractivity contribution >= 4 is 10.0 Å². The van der Waals surface area contributed by atoms with Crippen molar-refractivity contribution in [3.05, 3.63) is 47.7 Å². The Morgan fingerprint density at radius 3 is 2.29 bits per heavy atom. The van der Waals surface area contributed by atoms with Crippen LogP contribution in [-0.2, 0) is 23.1 Å². The molecule has 0 unspecified atom stereocenters. The SMILES string of the molecule is O=S(=O)(c1ccn[nH]1)N1Cc2ccccc2C1. The molecule has 1 aliphatic rings. The molecule has 0 aliphatic carbocycles. The number of aromatic nitrogens is 2. The molecule has 0 bridgehead atoms. The van der Waals surface area contributed by atoms with Gasteiger partial charge in [0, 0.05) is 13.1 Å². The molecule has 0 spiro atoms. The standard InChI is InChI=1S/C11H11N3O2S/c15-17(16,11-5-6-12-13-11)14-7-9-3-1-2-4-10(9)8-14/h1-6H,7-8H2,(H,12,13). The van der Waals surface area contributed by atoms with E-state index in [1.54, 1.807) is 0 Å². The Bertz CT molecular complexity index is 609. The Hall–Kier alpha value is -1.66. The number of fused-ring (bicyclic) bond motifs is 1. The first-order valence-electron chi connectivity index (χ1n) is 5.24. The first kappa shape index (κ1) is 10.5. The number of nitrogens with zero attached hydrogens (tertiary/aromatic N) is 2. The summed E-state index contributed by atoms with van der Waals surface area (Å²) in [6.45, 7) is 0.856. The number of rotatable bonds is 2. The molecule has 0 amide bonds. The van der Waals surface area contributed by atoms with Gasteiger partial charge < -0.3 is 0 Å². The maximum Gasteiger partial charge on any atom is 0.260 e. The molecule has 17 heavy (non-hydrogen) atoms. The van der Waals surface area contributed by atoms with Gasteiger partial charge in [0.05, 0.1) is 6.20 Å². The van der Waals surface area contributed by atoms with Gasteiger partial charge in [-0.15, -0.1) is 0 Å². The predicted octanol–water partition coefficient (Wildman–Crippen LogP) is 1.11. The van der Waals surface area contributed by atoms with E-state index in [9.17, 15) is 8.42 Å². The van der Waals surface area contributed by atoms with Crippen LogP contribution in [0.5, 0.6) is 0 Å². The third-order valence-corrected chi connectivity index (χ3v) is 4.63. The van der Waals surface area contributed by atoms with E-state index in [1.165, 1.54) is 16.6 Å². The summed E-state index contributed by atoms with van der Waals surface area (Å²) in [6, 6.07) is 9.23. The number of benzene rings is 1. The van der Waals surface area contributed by atoms with Crippen molar-refractivity contribution in [2.75, 3.05) is 0 Å². The quantitative estimate of drug-likeness (QED) is 0.867. The lowest BCUT2D eigenvalue weighted by Crippen LogP contribution is -2.25. The van der Waals surface area contributed by atoms with E-state index < -0.39 is 10.0 Å². The van der Waals surface area contributed by atoms with E-state index in [2.05, 4.69) is 10.2 Å². The summed E-state index contributed by atoms with van der Waals surface area (Å²) in [7, 11) is -3.45. The van der Waals surface area contributed by atoms with Crippen LogP contribution < -0.4 is 0 Å². The fourth-order valence-electron chi connectivity index (χ4n) is 2.00. The normalized spacial score (nSPS) is 16.0. The molecule has 0 atom stereocenters. The van der Waals surface area contributed by atoms with Crippen molar-refractivity contribution < 1.29 is 8.42 Å². The fraction of sp³-hybridized carbons (Fsp3) is 0.182. The average molecular weight is 249 g/mol. The second-order valence-corrected chi connectivity index (χ2v) is 5.87. The van der Waals surface area contributed by atoms with Crippen molar-refractivity contribution in [3.63, 3.8) is 0 Å². The van der Waals surface area contributed by atoms with E-state index >= 15 is 0 Å². The first-order chi connectivity index (χ1) is 8.18. The van der Waals surface area contributed by atoms with E-state index in [1.807, 2.05) is 24.3 Å². The zero-order chi connectivity index (χ0) is 11.9. The van der Waals surface area contributed by atoms with E-state index in [-0.39, 0.29) is 5.03 Å². The molecule has 0 saturated carbocycles. The van der Waals surface area contributed by atoms with Crippen molar-refractivity contribution in [2.45, 2.75) is 18.1 Å².